The highest BCUT2D eigenvalue weighted by Crippen LogP contribution is 2.25. The fraction of sp³-hybridized carbons (Fsp3) is 0.611. The molecule has 26 heavy (non-hydrogen) atoms. The zero-order valence-corrected chi connectivity index (χ0v) is 15.0. The van der Waals surface area contributed by atoms with Crippen molar-refractivity contribution < 1.29 is 19.8 Å². The monoisotopic (exact) mass is 362 g/mol. The molecule has 8 heteroatoms. The first-order valence-electron chi connectivity index (χ1n) is 8.98. The van der Waals surface area contributed by atoms with Crippen LogP contribution < -0.4 is 5.32 Å². The average molecular weight is 362 g/mol. The van der Waals surface area contributed by atoms with Crippen LogP contribution in [0.1, 0.15) is 29.6 Å². The molecule has 0 radical (unpaired) electrons. The number of rotatable bonds is 3. The number of amides is 2. The highest BCUT2D eigenvalue weighted by atomic mass is 16.3. The van der Waals surface area contributed by atoms with E-state index in [2.05, 4.69) is 15.2 Å². The summed E-state index contributed by atoms with van der Waals surface area (Å²) < 4.78 is 0. The number of nitrogens with one attached hydrogen (secondary N) is 1. The Morgan fingerprint density at radius 1 is 1.23 bits per heavy atom. The summed E-state index contributed by atoms with van der Waals surface area (Å²) in [7, 11) is 1.96. The van der Waals surface area contributed by atoms with Crippen molar-refractivity contribution in [3.63, 3.8) is 0 Å². The normalized spacial score (nSPS) is 26.3. The fourth-order valence-corrected chi connectivity index (χ4v) is 3.54. The predicted octanol–water partition coefficient (Wildman–Crippen LogP) is -0.770. The van der Waals surface area contributed by atoms with Gasteiger partial charge in [-0.25, -0.2) is 0 Å². The van der Waals surface area contributed by atoms with Gasteiger partial charge in [-0.15, -0.1) is 0 Å². The second-order valence-corrected chi connectivity index (χ2v) is 7.26. The van der Waals surface area contributed by atoms with Gasteiger partial charge >= 0.3 is 0 Å². The van der Waals surface area contributed by atoms with E-state index >= 15 is 0 Å². The summed E-state index contributed by atoms with van der Waals surface area (Å²) >= 11 is 0. The third-order valence-corrected chi connectivity index (χ3v) is 5.34. The number of aromatic nitrogens is 1. The number of pyridine rings is 1. The van der Waals surface area contributed by atoms with Crippen LogP contribution in [-0.2, 0) is 4.79 Å². The molecule has 1 aromatic heterocycles. The van der Waals surface area contributed by atoms with Crippen LogP contribution in [0, 0.1) is 0 Å². The van der Waals surface area contributed by atoms with Crippen LogP contribution in [0.3, 0.4) is 0 Å². The molecule has 1 aromatic rings. The zero-order valence-electron chi connectivity index (χ0n) is 15.0. The smallest absolute Gasteiger partial charge is 0.254 e. The summed E-state index contributed by atoms with van der Waals surface area (Å²) in [6, 6.07) is 2.79. The van der Waals surface area contributed by atoms with Crippen molar-refractivity contribution in [2.75, 3.05) is 33.2 Å². The Labute approximate surface area is 152 Å². The lowest BCUT2D eigenvalue weighted by atomic mass is 9.89. The van der Waals surface area contributed by atoms with Crippen LogP contribution in [0.15, 0.2) is 24.5 Å². The van der Waals surface area contributed by atoms with E-state index in [0.717, 1.165) is 0 Å². The molecule has 0 aromatic carbocycles. The minimum absolute atomic E-state index is 0.109. The summed E-state index contributed by atoms with van der Waals surface area (Å²) in [5.41, 5.74) is -0.870. The van der Waals surface area contributed by atoms with Crippen molar-refractivity contribution in [2.24, 2.45) is 0 Å². The molecule has 3 N–H and O–H groups in total. The molecule has 2 saturated heterocycles. The van der Waals surface area contributed by atoms with Gasteiger partial charge in [0.25, 0.3) is 11.8 Å². The average Bonchev–Trinajstić information content (AvgIpc) is 2.66. The molecule has 0 unspecified atom stereocenters. The van der Waals surface area contributed by atoms with E-state index in [1.807, 2.05) is 7.05 Å². The summed E-state index contributed by atoms with van der Waals surface area (Å²) in [6.07, 6.45) is 3.45. The Hall–Kier alpha value is -2.03. The summed E-state index contributed by atoms with van der Waals surface area (Å²) in [5.74, 6) is -0.589. The van der Waals surface area contributed by atoms with Crippen molar-refractivity contribution >= 4 is 11.8 Å². The molecule has 2 fully saturated rings. The van der Waals surface area contributed by atoms with E-state index in [-0.39, 0.29) is 18.4 Å². The Morgan fingerprint density at radius 3 is 2.50 bits per heavy atom. The number of aliphatic hydroxyl groups excluding tert-OH is 1. The van der Waals surface area contributed by atoms with Crippen LogP contribution >= 0.6 is 0 Å². The first-order valence-corrected chi connectivity index (χ1v) is 8.98. The Balaban J connectivity index is 1.56. The van der Waals surface area contributed by atoms with E-state index in [1.165, 1.54) is 17.3 Å². The summed E-state index contributed by atoms with van der Waals surface area (Å²) in [5, 5.41) is 23.9. The molecule has 142 valence electrons. The zero-order chi connectivity index (χ0) is 18.7. The lowest BCUT2D eigenvalue weighted by Crippen LogP contribution is -2.60. The molecule has 0 bridgehead atoms. The van der Waals surface area contributed by atoms with Gasteiger partial charge in [0.15, 0.2) is 0 Å². The quantitative estimate of drug-likeness (QED) is 0.652. The molecule has 2 aliphatic rings. The van der Waals surface area contributed by atoms with Gasteiger partial charge in [0.2, 0.25) is 0 Å². The van der Waals surface area contributed by atoms with Crippen LogP contribution in [0.25, 0.3) is 0 Å². The highest BCUT2D eigenvalue weighted by Gasteiger charge is 2.43. The molecule has 2 amide bonds. The van der Waals surface area contributed by atoms with E-state index in [9.17, 15) is 19.8 Å². The Morgan fingerprint density at radius 2 is 1.88 bits per heavy atom. The van der Waals surface area contributed by atoms with Crippen molar-refractivity contribution in [3.05, 3.63) is 30.1 Å². The SMILES string of the molecule is CN1CCC(O)(C(=O)N2CC[C@@H](NC(=O)c3ccncc3)[C@H](O)C2)CC1. The van der Waals surface area contributed by atoms with Gasteiger partial charge in [-0.05, 0) is 38.4 Å². The topological polar surface area (TPSA) is 106 Å². The van der Waals surface area contributed by atoms with Crippen molar-refractivity contribution in [3.8, 4) is 0 Å². The molecule has 0 spiro atoms. The van der Waals surface area contributed by atoms with Crippen LogP contribution in [-0.4, -0.2) is 87.8 Å². The molecule has 2 atom stereocenters. The second kappa shape index (κ2) is 7.69. The molecule has 2 aliphatic heterocycles. The molecular formula is C18H26N4O4. The van der Waals surface area contributed by atoms with Gasteiger partial charge < -0.3 is 25.3 Å². The Bertz CT molecular complexity index is 646. The molecule has 3 heterocycles. The minimum atomic E-state index is -1.35. The number of β-amino-alcohol motifs (C(OH)–C–C–N with tert-alkyl or cyclic N) is 1. The van der Waals surface area contributed by atoms with Gasteiger partial charge in [-0.1, -0.05) is 0 Å². The third-order valence-electron chi connectivity index (χ3n) is 5.34. The second-order valence-electron chi connectivity index (χ2n) is 7.26. The number of nitrogens with zero attached hydrogens (tertiary/aromatic N) is 3. The van der Waals surface area contributed by atoms with E-state index < -0.39 is 17.7 Å². The van der Waals surface area contributed by atoms with E-state index in [0.29, 0.717) is 44.5 Å². The summed E-state index contributed by atoms with van der Waals surface area (Å²) in [6.45, 7) is 1.85. The number of carbonyl (C=O) groups excluding carboxylic acids is 2. The molecule has 0 aliphatic carbocycles. The van der Waals surface area contributed by atoms with Gasteiger partial charge in [0, 0.05) is 44.1 Å². The molecule has 3 rings (SSSR count). The van der Waals surface area contributed by atoms with Crippen molar-refractivity contribution in [1.29, 1.82) is 0 Å². The number of hydrogen-bond donors (Lipinski definition) is 3. The summed E-state index contributed by atoms with van der Waals surface area (Å²) in [4.78, 5) is 32.4. The maximum atomic E-state index is 12.7. The minimum Gasteiger partial charge on any atom is -0.389 e. The first-order chi connectivity index (χ1) is 12.4. The number of aliphatic hydroxyl groups is 2. The third kappa shape index (κ3) is 4.03. The number of piperidine rings is 2. The number of likely N-dealkylation sites (tertiary alicyclic amines) is 2. The van der Waals surface area contributed by atoms with Gasteiger partial charge in [-0.3, -0.25) is 14.6 Å². The lowest BCUT2D eigenvalue weighted by Gasteiger charge is -2.42. The first kappa shape index (κ1) is 18.8. The largest absolute Gasteiger partial charge is 0.389 e. The molecular weight excluding hydrogens is 336 g/mol. The number of hydrogen-bond acceptors (Lipinski definition) is 6. The molecule has 8 nitrogen and oxygen atoms in total. The fourth-order valence-electron chi connectivity index (χ4n) is 3.54. The maximum Gasteiger partial charge on any atom is 0.254 e. The van der Waals surface area contributed by atoms with Crippen LogP contribution in [0.4, 0.5) is 0 Å². The van der Waals surface area contributed by atoms with Gasteiger partial charge in [0.1, 0.15) is 5.60 Å². The van der Waals surface area contributed by atoms with Gasteiger partial charge in [-0.2, -0.15) is 0 Å². The highest BCUT2D eigenvalue weighted by molar-refractivity contribution is 5.94. The van der Waals surface area contributed by atoms with Crippen molar-refractivity contribution in [2.45, 2.75) is 37.0 Å². The maximum absolute atomic E-state index is 12.7. The van der Waals surface area contributed by atoms with E-state index in [4.69, 9.17) is 0 Å². The Kier molecular flexibility index (Phi) is 5.55. The van der Waals surface area contributed by atoms with Gasteiger partial charge in [0.05, 0.1) is 12.1 Å². The predicted molar refractivity (Wildman–Crippen MR) is 94.4 cm³/mol. The molecule has 0 saturated carbocycles. The van der Waals surface area contributed by atoms with Crippen LogP contribution in [0.5, 0.6) is 0 Å². The standard InChI is InChI=1S/C18H26N4O4/c1-21-10-5-18(26,6-11-21)17(25)22-9-4-14(15(23)12-22)20-16(24)13-2-7-19-8-3-13/h2-3,7-8,14-15,23,26H,4-6,9-12H2,1H3,(H,20,24)/t14-,15-/m1/s1. The number of carbonyl (C=O) groups is 2. The van der Waals surface area contributed by atoms with Crippen molar-refractivity contribution in [1.82, 2.24) is 20.1 Å². The van der Waals surface area contributed by atoms with E-state index in [1.54, 1.807) is 12.1 Å². The van der Waals surface area contributed by atoms with Crippen LogP contribution in [0.2, 0.25) is 0 Å². The lowest BCUT2D eigenvalue weighted by molar-refractivity contribution is -0.159.